The van der Waals surface area contributed by atoms with Crippen LogP contribution in [0.1, 0.15) is 24.0 Å². The van der Waals surface area contributed by atoms with Crippen LogP contribution in [0.3, 0.4) is 0 Å². The van der Waals surface area contributed by atoms with Gasteiger partial charge in [0, 0.05) is 19.6 Å². The van der Waals surface area contributed by atoms with Gasteiger partial charge in [-0.3, -0.25) is 4.79 Å². The average molecular weight is 321 g/mol. The molecule has 0 spiro atoms. The first kappa shape index (κ1) is 17.4. The molecule has 0 aliphatic carbocycles. The standard InChI is InChI=1S/C17H23NO5/c1-22-10-13-5-2-4-12(8-13)9-15(19)18-16(17(20)21)14-6-3-7-23-11-14/h2,4-5,8,14,16H,3,6-7,9-11H2,1H3,(H,18,19)(H,20,21). The van der Waals surface area contributed by atoms with Crippen molar-refractivity contribution < 1.29 is 24.2 Å². The molecule has 1 aliphatic heterocycles. The maximum atomic E-state index is 12.2. The van der Waals surface area contributed by atoms with Crippen LogP contribution in [0.4, 0.5) is 0 Å². The normalized spacial score (nSPS) is 19.1. The van der Waals surface area contributed by atoms with E-state index in [1.54, 1.807) is 7.11 Å². The minimum atomic E-state index is -1.01. The number of methoxy groups -OCH3 is 1. The minimum Gasteiger partial charge on any atom is -0.480 e. The summed E-state index contributed by atoms with van der Waals surface area (Å²) in [5.74, 6) is -1.48. The van der Waals surface area contributed by atoms with Crippen LogP contribution in [0, 0.1) is 5.92 Å². The Morgan fingerprint density at radius 2 is 2.22 bits per heavy atom. The molecule has 6 heteroatoms. The van der Waals surface area contributed by atoms with Gasteiger partial charge in [-0.1, -0.05) is 24.3 Å². The van der Waals surface area contributed by atoms with Gasteiger partial charge in [0.2, 0.25) is 5.91 Å². The molecular weight excluding hydrogens is 298 g/mol. The van der Waals surface area contributed by atoms with Crippen molar-refractivity contribution in [3.05, 3.63) is 35.4 Å². The number of carbonyl (C=O) groups is 2. The van der Waals surface area contributed by atoms with Crippen molar-refractivity contribution in [2.75, 3.05) is 20.3 Å². The molecule has 6 nitrogen and oxygen atoms in total. The Kier molecular flexibility index (Phi) is 6.55. The molecule has 1 heterocycles. The molecule has 2 rings (SSSR count). The molecule has 126 valence electrons. The number of carboxylic acid groups (broad SMARTS) is 1. The highest BCUT2D eigenvalue weighted by Gasteiger charge is 2.31. The van der Waals surface area contributed by atoms with Crippen molar-refractivity contribution in [3.63, 3.8) is 0 Å². The van der Waals surface area contributed by atoms with Gasteiger partial charge in [-0.15, -0.1) is 0 Å². The quantitative estimate of drug-likeness (QED) is 0.792. The number of carboxylic acids is 1. The molecule has 2 N–H and O–H groups in total. The first-order chi connectivity index (χ1) is 11.1. The van der Waals surface area contributed by atoms with Crippen molar-refractivity contribution in [3.8, 4) is 0 Å². The summed E-state index contributed by atoms with van der Waals surface area (Å²) in [7, 11) is 1.61. The summed E-state index contributed by atoms with van der Waals surface area (Å²) in [6.45, 7) is 1.51. The molecule has 1 amide bonds. The summed E-state index contributed by atoms with van der Waals surface area (Å²) >= 11 is 0. The molecule has 0 bridgehead atoms. The number of ether oxygens (including phenoxy) is 2. The van der Waals surface area contributed by atoms with Gasteiger partial charge < -0.3 is 19.9 Å². The number of carbonyl (C=O) groups excluding carboxylic acids is 1. The number of hydrogen-bond acceptors (Lipinski definition) is 4. The Morgan fingerprint density at radius 1 is 1.43 bits per heavy atom. The summed E-state index contributed by atoms with van der Waals surface area (Å²) in [4.78, 5) is 23.6. The van der Waals surface area contributed by atoms with Gasteiger partial charge in [0.15, 0.2) is 0 Å². The molecule has 0 aromatic heterocycles. The number of amides is 1. The van der Waals surface area contributed by atoms with Crippen molar-refractivity contribution in [2.24, 2.45) is 5.92 Å². The van der Waals surface area contributed by atoms with Gasteiger partial charge >= 0.3 is 5.97 Å². The van der Waals surface area contributed by atoms with E-state index in [4.69, 9.17) is 9.47 Å². The second kappa shape index (κ2) is 8.64. The molecule has 1 aliphatic rings. The molecule has 1 aromatic carbocycles. The number of nitrogens with one attached hydrogen (secondary N) is 1. The highest BCUT2D eigenvalue weighted by atomic mass is 16.5. The van der Waals surface area contributed by atoms with Crippen LogP contribution in [0.25, 0.3) is 0 Å². The summed E-state index contributed by atoms with van der Waals surface area (Å²) in [5, 5.41) is 12.0. The maximum Gasteiger partial charge on any atom is 0.326 e. The number of benzene rings is 1. The number of rotatable bonds is 7. The monoisotopic (exact) mass is 321 g/mol. The van der Waals surface area contributed by atoms with E-state index in [-0.39, 0.29) is 18.2 Å². The Balaban J connectivity index is 1.96. The lowest BCUT2D eigenvalue weighted by molar-refractivity contribution is -0.145. The Bertz CT molecular complexity index is 540. The average Bonchev–Trinajstić information content (AvgIpc) is 2.54. The Hall–Kier alpha value is -1.92. The second-order valence-electron chi connectivity index (χ2n) is 5.79. The van der Waals surface area contributed by atoms with E-state index in [1.807, 2.05) is 24.3 Å². The smallest absolute Gasteiger partial charge is 0.326 e. The summed E-state index contributed by atoms with van der Waals surface area (Å²) in [5.41, 5.74) is 1.81. The highest BCUT2D eigenvalue weighted by Crippen LogP contribution is 2.18. The predicted octanol–water partition coefficient (Wildman–Crippen LogP) is 1.37. The summed E-state index contributed by atoms with van der Waals surface area (Å²) in [6.07, 6.45) is 1.72. The highest BCUT2D eigenvalue weighted by molar-refractivity contribution is 5.85. The lowest BCUT2D eigenvalue weighted by atomic mass is 9.93. The van der Waals surface area contributed by atoms with Gasteiger partial charge in [-0.2, -0.15) is 0 Å². The van der Waals surface area contributed by atoms with Crippen molar-refractivity contribution in [2.45, 2.75) is 31.9 Å². The third-order valence-corrected chi connectivity index (χ3v) is 3.92. The fourth-order valence-corrected chi connectivity index (χ4v) is 2.82. The van der Waals surface area contributed by atoms with E-state index < -0.39 is 12.0 Å². The topological polar surface area (TPSA) is 84.9 Å². The van der Waals surface area contributed by atoms with E-state index in [0.29, 0.717) is 19.8 Å². The van der Waals surface area contributed by atoms with E-state index >= 15 is 0 Å². The number of hydrogen-bond donors (Lipinski definition) is 2. The largest absolute Gasteiger partial charge is 0.480 e. The molecule has 1 aromatic rings. The lowest BCUT2D eigenvalue weighted by Crippen LogP contribution is -2.48. The summed E-state index contributed by atoms with van der Waals surface area (Å²) < 4.78 is 10.4. The van der Waals surface area contributed by atoms with Crippen LogP contribution in [-0.4, -0.2) is 43.3 Å². The molecule has 23 heavy (non-hydrogen) atoms. The molecule has 2 unspecified atom stereocenters. The maximum absolute atomic E-state index is 12.2. The molecule has 0 radical (unpaired) electrons. The zero-order valence-electron chi connectivity index (χ0n) is 13.3. The molecule has 1 fully saturated rings. The minimum absolute atomic E-state index is 0.148. The second-order valence-corrected chi connectivity index (χ2v) is 5.79. The zero-order chi connectivity index (χ0) is 16.7. The van der Waals surface area contributed by atoms with Gasteiger partial charge in [0.1, 0.15) is 6.04 Å². The zero-order valence-corrected chi connectivity index (χ0v) is 13.3. The van der Waals surface area contributed by atoms with Crippen molar-refractivity contribution >= 4 is 11.9 Å². The van der Waals surface area contributed by atoms with Crippen LogP contribution >= 0.6 is 0 Å². The van der Waals surface area contributed by atoms with Crippen LogP contribution < -0.4 is 5.32 Å². The van der Waals surface area contributed by atoms with Gasteiger partial charge in [-0.25, -0.2) is 4.79 Å². The molecule has 1 saturated heterocycles. The van der Waals surface area contributed by atoms with Crippen LogP contribution in [0.5, 0.6) is 0 Å². The predicted molar refractivity (Wildman–Crippen MR) is 84.0 cm³/mol. The SMILES string of the molecule is COCc1cccc(CC(=O)NC(C(=O)O)C2CCCOC2)c1. The first-order valence-electron chi connectivity index (χ1n) is 7.77. The molecule has 0 saturated carbocycles. The fourth-order valence-electron chi connectivity index (χ4n) is 2.82. The van der Waals surface area contributed by atoms with E-state index in [0.717, 1.165) is 24.0 Å². The van der Waals surface area contributed by atoms with Gasteiger partial charge in [0.25, 0.3) is 0 Å². The van der Waals surface area contributed by atoms with Gasteiger partial charge in [0.05, 0.1) is 19.6 Å². The Labute approximate surface area is 135 Å². The van der Waals surface area contributed by atoms with Crippen LogP contribution in [0.15, 0.2) is 24.3 Å². The van der Waals surface area contributed by atoms with E-state index in [2.05, 4.69) is 5.32 Å². The third kappa shape index (κ3) is 5.33. The van der Waals surface area contributed by atoms with Crippen LogP contribution in [0.2, 0.25) is 0 Å². The Morgan fingerprint density at radius 3 is 2.87 bits per heavy atom. The summed E-state index contributed by atoms with van der Waals surface area (Å²) in [6, 6.07) is 6.62. The number of aliphatic carboxylic acids is 1. The molecule has 2 atom stereocenters. The van der Waals surface area contributed by atoms with Crippen molar-refractivity contribution in [1.29, 1.82) is 0 Å². The van der Waals surface area contributed by atoms with Gasteiger partial charge in [-0.05, 0) is 24.0 Å². The van der Waals surface area contributed by atoms with Crippen molar-refractivity contribution in [1.82, 2.24) is 5.32 Å². The third-order valence-electron chi connectivity index (χ3n) is 3.92. The first-order valence-corrected chi connectivity index (χ1v) is 7.77. The van der Waals surface area contributed by atoms with Crippen LogP contribution in [-0.2, 0) is 32.1 Å². The lowest BCUT2D eigenvalue weighted by Gasteiger charge is -2.28. The van der Waals surface area contributed by atoms with E-state index in [1.165, 1.54) is 0 Å². The van der Waals surface area contributed by atoms with E-state index in [9.17, 15) is 14.7 Å². The molecular formula is C17H23NO5. The fraction of sp³-hybridized carbons (Fsp3) is 0.529.